The van der Waals surface area contributed by atoms with Crippen molar-refractivity contribution >= 4 is 28.7 Å². The van der Waals surface area contributed by atoms with Crippen LogP contribution in [0.3, 0.4) is 0 Å². The Kier molecular flexibility index (Phi) is 6.73. The molecule has 0 amide bonds. The second-order valence-electron chi connectivity index (χ2n) is 5.01. The summed E-state index contributed by atoms with van der Waals surface area (Å²) in [6, 6.07) is 5.90. The number of nitro groups is 4. The van der Waals surface area contributed by atoms with Crippen molar-refractivity contribution in [3.63, 3.8) is 0 Å². The second-order valence-corrected chi connectivity index (χ2v) is 5.01. The zero-order valence-electron chi connectivity index (χ0n) is 13.9. The lowest BCUT2D eigenvalue weighted by Gasteiger charge is -1.97. The van der Waals surface area contributed by atoms with Gasteiger partial charge in [-0.3, -0.25) is 40.5 Å². The Bertz CT molecular complexity index is 988. The Hall–Kier alpha value is -4.49. The Labute approximate surface area is 154 Å². The van der Waals surface area contributed by atoms with Crippen LogP contribution in [0.15, 0.2) is 36.4 Å². The average Bonchev–Trinajstić information content (AvgIpc) is 2.61. The van der Waals surface area contributed by atoms with Gasteiger partial charge in [-0.05, 0) is 19.1 Å². The number of aromatic carboxylic acids is 1. The SMILES string of the molecule is Cc1ccc([N+](=O)[O-])cc1[N+](=O)[O-].O=C(O)c1ccc([N+](=O)[O-])cc1[N+](=O)[O-]. The molecule has 2 rings (SSSR count). The zero-order valence-corrected chi connectivity index (χ0v) is 13.9. The molecule has 0 aliphatic heterocycles. The van der Waals surface area contributed by atoms with Crippen molar-refractivity contribution in [3.05, 3.63) is 88.0 Å². The predicted octanol–water partition coefficient (Wildman–Crippen LogP) is 3.01. The molecule has 14 nitrogen and oxygen atoms in total. The number of carbonyl (C=O) groups is 1. The summed E-state index contributed by atoms with van der Waals surface area (Å²) in [6.45, 7) is 1.53. The quantitative estimate of drug-likeness (QED) is 0.578. The van der Waals surface area contributed by atoms with E-state index in [0.29, 0.717) is 11.6 Å². The molecule has 0 fully saturated rings. The third-order valence-corrected chi connectivity index (χ3v) is 3.22. The average molecular weight is 394 g/mol. The molecule has 0 unspecified atom stereocenters. The highest BCUT2D eigenvalue weighted by Crippen LogP contribution is 2.24. The third-order valence-electron chi connectivity index (χ3n) is 3.22. The van der Waals surface area contributed by atoms with Gasteiger partial charge in [0.05, 0.1) is 31.8 Å². The van der Waals surface area contributed by atoms with Crippen LogP contribution >= 0.6 is 0 Å². The Morgan fingerprint density at radius 1 is 0.750 bits per heavy atom. The molecule has 0 radical (unpaired) electrons. The number of hydrogen-bond acceptors (Lipinski definition) is 9. The maximum Gasteiger partial charge on any atom is 0.342 e. The highest BCUT2D eigenvalue weighted by atomic mass is 16.6. The van der Waals surface area contributed by atoms with E-state index in [1.165, 1.54) is 19.1 Å². The summed E-state index contributed by atoms with van der Waals surface area (Å²) in [5.74, 6) is -1.50. The first-order chi connectivity index (χ1) is 13.0. The lowest BCUT2D eigenvalue weighted by atomic mass is 10.1. The van der Waals surface area contributed by atoms with E-state index < -0.39 is 42.6 Å². The van der Waals surface area contributed by atoms with Gasteiger partial charge in [0.15, 0.2) is 0 Å². The van der Waals surface area contributed by atoms with Crippen LogP contribution in [0.1, 0.15) is 15.9 Å². The number of carboxylic acids is 1. The summed E-state index contributed by atoms with van der Waals surface area (Å²) >= 11 is 0. The smallest absolute Gasteiger partial charge is 0.342 e. The minimum Gasteiger partial charge on any atom is -0.477 e. The molecule has 0 aliphatic rings. The first-order valence-electron chi connectivity index (χ1n) is 7.01. The van der Waals surface area contributed by atoms with Crippen molar-refractivity contribution in [1.29, 1.82) is 0 Å². The summed E-state index contributed by atoms with van der Waals surface area (Å²) in [7, 11) is 0. The van der Waals surface area contributed by atoms with Crippen LogP contribution in [0.5, 0.6) is 0 Å². The van der Waals surface area contributed by atoms with E-state index in [4.69, 9.17) is 5.11 Å². The monoisotopic (exact) mass is 394 g/mol. The number of aryl methyl sites for hydroxylation is 1. The number of rotatable bonds is 5. The highest BCUT2D eigenvalue weighted by molar-refractivity contribution is 5.92. The highest BCUT2D eigenvalue weighted by Gasteiger charge is 2.23. The van der Waals surface area contributed by atoms with Crippen LogP contribution in [-0.2, 0) is 0 Å². The number of nitro benzene ring substituents is 4. The topological polar surface area (TPSA) is 210 Å². The minimum atomic E-state index is -1.50. The van der Waals surface area contributed by atoms with Crippen molar-refractivity contribution in [2.75, 3.05) is 0 Å². The van der Waals surface area contributed by atoms with E-state index in [-0.39, 0.29) is 11.4 Å². The fraction of sp³-hybridized carbons (Fsp3) is 0.0714. The molecule has 14 heteroatoms. The number of nitrogens with zero attached hydrogens (tertiary/aromatic N) is 4. The molecular weight excluding hydrogens is 384 g/mol. The number of benzene rings is 2. The van der Waals surface area contributed by atoms with Gasteiger partial charge in [-0.25, -0.2) is 4.79 Å². The molecule has 0 saturated carbocycles. The Morgan fingerprint density at radius 3 is 1.57 bits per heavy atom. The molecule has 0 aliphatic carbocycles. The predicted molar refractivity (Wildman–Crippen MR) is 91.2 cm³/mol. The number of carboxylic acid groups (broad SMARTS) is 1. The fourth-order valence-corrected chi connectivity index (χ4v) is 1.87. The summed E-state index contributed by atoms with van der Waals surface area (Å²) in [4.78, 5) is 48.8. The van der Waals surface area contributed by atoms with E-state index in [1.807, 2.05) is 0 Å². The first-order valence-corrected chi connectivity index (χ1v) is 7.01. The van der Waals surface area contributed by atoms with E-state index in [9.17, 15) is 45.3 Å². The lowest BCUT2D eigenvalue weighted by Crippen LogP contribution is -2.03. The van der Waals surface area contributed by atoms with Gasteiger partial charge >= 0.3 is 5.97 Å². The standard InChI is InChI=1S/C7H4N2O6.C7H6N2O4/c10-7(11)5-2-1-4(8(12)13)3-6(5)9(14)15;1-5-2-3-6(8(10)11)4-7(5)9(12)13/h1-3H,(H,10,11);2-4H,1H3. The zero-order chi connectivity index (χ0) is 21.6. The number of non-ortho nitro benzene ring substituents is 2. The van der Waals surface area contributed by atoms with E-state index in [1.54, 1.807) is 0 Å². The largest absolute Gasteiger partial charge is 0.477 e. The lowest BCUT2D eigenvalue weighted by molar-refractivity contribution is -0.394. The Balaban J connectivity index is 0.000000283. The van der Waals surface area contributed by atoms with Crippen LogP contribution in [-0.4, -0.2) is 30.8 Å². The van der Waals surface area contributed by atoms with Crippen molar-refractivity contribution in [2.24, 2.45) is 0 Å². The summed E-state index contributed by atoms with van der Waals surface area (Å²) in [5.41, 5.74) is -1.98. The van der Waals surface area contributed by atoms with Crippen molar-refractivity contribution in [2.45, 2.75) is 6.92 Å². The first kappa shape index (κ1) is 21.6. The third kappa shape index (κ3) is 5.25. The summed E-state index contributed by atoms with van der Waals surface area (Å²) < 4.78 is 0. The van der Waals surface area contributed by atoms with Crippen LogP contribution in [0.25, 0.3) is 0 Å². The maximum absolute atomic E-state index is 10.5. The molecule has 2 aromatic rings. The molecule has 1 N–H and O–H groups in total. The van der Waals surface area contributed by atoms with Crippen LogP contribution in [0.4, 0.5) is 22.7 Å². The van der Waals surface area contributed by atoms with Crippen molar-refractivity contribution in [1.82, 2.24) is 0 Å². The normalized spacial score (nSPS) is 9.61. The number of hydrogen-bond donors (Lipinski definition) is 1. The molecular formula is C14H10N4O10. The van der Waals surface area contributed by atoms with Gasteiger partial charge in [-0.1, -0.05) is 0 Å². The molecule has 28 heavy (non-hydrogen) atoms. The van der Waals surface area contributed by atoms with E-state index in [0.717, 1.165) is 18.2 Å². The van der Waals surface area contributed by atoms with Crippen LogP contribution < -0.4 is 0 Å². The molecule has 0 heterocycles. The molecule has 0 aromatic heterocycles. The van der Waals surface area contributed by atoms with Gasteiger partial charge in [-0.2, -0.15) is 0 Å². The van der Waals surface area contributed by atoms with Crippen LogP contribution in [0, 0.1) is 47.4 Å². The van der Waals surface area contributed by atoms with E-state index in [2.05, 4.69) is 0 Å². The summed E-state index contributed by atoms with van der Waals surface area (Å²) in [5, 5.41) is 49.9. The molecule has 0 atom stereocenters. The molecule has 0 saturated heterocycles. The molecule has 0 spiro atoms. The summed E-state index contributed by atoms with van der Waals surface area (Å²) in [6.07, 6.45) is 0. The van der Waals surface area contributed by atoms with Gasteiger partial charge in [-0.15, -0.1) is 0 Å². The molecule has 146 valence electrons. The van der Waals surface area contributed by atoms with Gasteiger partial charge in [0.25, 0.3) is 22.7 Å². The van der Waals surface area contributed by atoms with Crippen LogP contribution in [0.2, 0.25) is 0 Å². The van der Waals surface area contributed by atoms with Gasteiger partial charge in [0.1, 0.15) is 5.56 Å². The Morgan fingerprint density at radius 2 is 1.18 bits per heavy atom. The minimum absolute atomic E-state index is 0.228. The molecule has 2 aromatic carbocycles. The van der Waals surface area contributed by atoms with Crippen molar-refractivity contribution in [3.8, 4) is 0 Å². The maximum atomic E-state index is 10.5. The molecule has 0 bridgehead atoms. The fourth-order valence-electron chi connectivity index (χ4n) is 1.87. The van der Waals surface area contributed by atoms with E-state index >= 15 is 0 Å². The van der Waals surface area contributed by atoms with Crippen molar-refractivity contribution < 1.29 is 29.6 Å². The van der Waals surface area contributed by atoms with Gasteiger partial charge < -0.3 is 5.11 Å². The van der Waals surface area contributed by atoms with Gasteiger partial charge in [0, 0.05) is 17.7 Å². The van der Waals surface area contributed by atoms with Gasteiger partial charge in [0.2, 0.25) is 0 Å². The second kappa shape index (κ2) is 8.75.